The molecule has 9 heteroatoms. The van der Waals surface area contributed by atoms with Crippen molar-refractivity contribution in [1.82, 2.24) is 20.4 Å². The topological polar surface area (TPSA) is 116 Å². The zero-order valence-corrected chi connectivity index (χ0v) is 35.9. The largest absolute Gasteiger partial charge is 0.346 e. The molecule has 1 aliphatic heterocycles. The lowest BCUT2D eigenvalue weighted by Gasteiger charge is -2.32. The first-order valence-electron chi connectivity index (χ1n) is 21.9. The third kappa shape index (κ3) is 16.2. The Balaban J connectivity index is 1.44. The van der Waals surface area contributed by atoms with Crippen LogP contribution < -0.4 is 10.6 Å². The van der Waals surface area contributed by atoms with Gasteiger partial charge in [-0.3, -0.25) is 24.0 Å². The molecule has 57 heavy (non-hydrogen) atoms. The fourth-order valence-corrected chi connectivity index (χ4v) is 8.01. The molecule has 9 nitrogen and oxygen atoms in total. The average molecular weight is 785 g/mol. The van der Waals surface area contributed by atoms with Crippen molar-refractivity contribution >= 4 is 29.2 Å². The van der Waals surface area contributed by atoms with Crippen LogP contribution in [0, 0.1) is 29.1 Å². The number of benzene rings is 2. The molecule has 2 aromatic rings. The first-order chi connectivity index (χ1) is 27.2. The van der Waals surface area contributed by atoms with Gasteiger partial charge >= 0.3 is 0 Å². The van der Waals surface area contributed by atoms with Crippen LogP contribution in [0.1, 0.15) is 116 Å². The molecule has 0 aromatic heterocycles. The van der Waals surface area contributed by atoms with Crippen molar-refractivity contribution in [2.75, 3.05) is 39.8 Å². The van der Waals surface area contributed by atoms with E-state index in [-0.39, 0.29) is 53.8 Å². The summed E-state index contributed by atoms with van der Waals surface area (Å²) < 4.78 is 0. The molecule has 1 heterocycles. The molecule has 2 fully saturated rings. The predicted molar refractivity (Wildman–Crippen MR) is 229 cm³/mol. The molecule has 1 saturated carbocycles. The second-order valence-corrected chi connectivity index (χ2v) is 18.3. The number of amides is 2. The highest BCUT2D eigenvalue weighted by Crippen LogP contribution is 2.47. The van der Waals surface area contributed by atoms with Crippen LogP contribution in [-0.4, -0.2) is 90.8 Å². The molecular weight excluding hydrogens is 713 g/mol. The van der Waals surface area contributed by atoms with E-state index in [4.69, 9.17) is 0 Å². The first kappa shape index (κ1) is 46.0. The van der Waals surface area contributed by atoms with Crippen LogP contribution in [0.25, 0.3) is 0 Å². The van der Waals surface area contributed by atoms with Gasteiger partial charge in [-0.05, 0) is 94.3 Å². The summed E-state index contributed by atoms with van der Waals surface area (Å²) in [6, 6.07) is 18.2. The number of aryl methyl sites for hydroxylation is 1. The van der Waals surface area contributed by atoms with E-state index >= 15 is 0 Å². The Bertz CT molecular complexity index is 1570. The Morgan fingerprint density at radius 1 is 0.684 bits per heavy atom. The highest BCUT2D eigenvalue weighted by Gasteiger charge is 2.48. The lowest BCUT2D eigenvalue weighted by molar-refractivity contribution is -0.135. The number of likely N-dealkylation sites (N-methyl/N-ethyl adjacent to an activating group) is 1. The Kier molecular flexibility index (Phi) is 18.6. The van der Waals surface area contributed by atoms with Crippen LogP contribution in [0.5, 0.6) is 0 Å². The lowest BCUT2D eigenvalue weighted by Crippen LogP contribution is -2.49. The van der Waals surface area contributed by atoms with Crippen LogP contribution in [0.2, 0.25) is 0 Å². The number of hydrogen-bond acceptors (Lipinski definition) is 7. The number of unbranched alkanes of at least 4 members (excludes halogenated alkanes) is 2. The molecule has 2 aliphatic rings. The summed E-state index contributed by atoms with van der Waals surface area (Å²) in [5, 5.41) is 6.18. The number of nitrogens with one attached hydrogen (secondary N) is 2. The van der Waals surface area contributed by atoms with Crippen molar-refractivity contribution in [3.05, 3.63) is 71.8 Å². The minimum atomic E-state index is -0.800. The Morgan fingerprint density at radius 3 is 1.84 bits per heavy atom. The van der Waals surface area contributed by atoms with E-state index in [1.807, 2.05) is 95.3 Å². The molecule has 2 N–H and O–H groups in total. The van der Waals surface area contributed by atoms with Gasteiger partial charge in [0.15, 0.2) is 11.6 Å². The maximum Gasteiger partial charge on any atom is 0.224 e. The normalized spacial score (nSPS) is 17.8. The van der Waals surface area contributed by atoms with Crippen molar-refractivity contribution in [3.8, 4) is 0 Å². The summed E-state index contributed by atoms with van der Waals surface area (Å²) in [7, 11) is 2.16. The smallest absolute Gasteiger partial charge is 0.224 e. The van der Waals surface area contributed by atoms with Gasteiger partial charge in [0.1, 0.15) is 5.78 Å². The molecule has 2 amide bonds. The molecule has 1 aliphatic carbocycles. The fraction of sp³-hybridized carbons (Fsp3) is 0.646. The Morgan fingerprint density at radius 2 is 1.25 bits per heavy atom. The molecule has 0 radical (unpaired) electrons. The van der Waals surface area contributed by atoms with Gasteiger partial charge in [-0.15, -0.1) is 0 Å². The second-order valence-electron chi connectivity index (χ2n) is 18.3. The number of piperazine rings is 1. The van der Waals surface area contributed by atoms with Gasteiger partial charge in [0.2, 0.25) is 11.8 Å². The summed E-state index contributed by atoms with van der Waals surface area (Å²) >= 11 is 0. The summed E-state index contributed by atoms with van der Waals surface area (Å²) in [5.74, 6) is -1.62. The van der Waals surface area contributed by atoms with Gasteiger partial charge in [-0.1, -0.05) is 102 Å². The van der Waals surface area contributed by atoms with Gasteiger partial charge in [0, 0.05) is 62.7 Å². The summed E-state index contributed by atoms with van der Waals surface area (Å²) in [5.41, 5.74) is 1.63. The van der Waals surface area contributed by atoms with E-state index in [1.165, 1.54) is 0 Å². The summed E-state index contributed by atoms with van der Waals surface area (Å²) in [4.78, 5) is 74.4. The molecule has 0 bridgehead atoms. The number of ketones is 3. The monoisotopic (exact) mass is 785 g/mol. The number of Topliss-reactive ketones (excluding diaryl/α,β-unsaturated/α-hetero) is 3. The molecule has 0 spiro atoms. The van der Waals surface area contributed by atoms with E-state index in [9.17, 15) is 24.0 Å². The van der Waals surface area contributed by atoms with Crippen molar-refractivity contribution < 1.29 is 24.0 Å². The van der Waals surface area contributed by atoms with Crippen LogP contribution in [-0.2, 0) is 36.8 Å². The quantitative estimate of drug-likeness (QED) is 0.0967. The minimum absolute atomic E-state index is 0.0695. The predicted octanol–water partition coefficient (Wildman–Crippen LogP) is 7.25. The molecular formula is C48H72N4O5. The fourth-order valence-electron chi connectivity index (χ4n) is 8.01. The highest BCUT2D eigenvalue weighted by molar-refractivity contribution is 5.97. The Hall–Kier alpha value is -3.69. The van der Waals surface area contributed by atoms with Gasteiger partial charge in [-0.2, -0.15) is 0 Å². The minimum Gasteiger partial charge on any atom is -0.346 e. The number of carbonyl (C=O) groups excluding carboxylic acids is 5. The van der Waals surface area contributed by atoms with Gasteiger partial charge in [0.05, 0.1) is 12.1 Å². The molecule has 0 unspecified atom stereocenters. The lowest BCUT2D eigenvalue weighted by atomic mass is 9.87. The maximum absolute atomic E-state index is 14.3. The van der Waals surface area contributed by atoms with Crippen LogP contribution in [0.3, 0.4) is 0 Å². The van der Waals surface area contributed by atoms with Crippen molar-refractivity contribution in [2.45, 2.75) is 130 Å². The summed E-state index contributed by atoms with van der Waals surface area (Å²) in [6.07, 6.45) is 7.46. The van der Waals surface area contributed by atoms with Gasteiger partial charge < -0.3 is 20.4 Å². The Labute approximate surface area is 343 Å². The first-order valence-corrected chi connectivity index (χ1v) is 21.9. The number of nitrogens with zero attached hydrogens (tertiary/aromatic N) is 2. The van der Waals surface area contributed by atoms with E-state index in [1.54, 1.807) is 0 Å². The molecule has 4 atom stereocenters. The van der Waals surface area contributed by atoms with Crippen molar-refractivity contribution in [3.63, 3.8) is 0 Å². The van der Waals surface area contributed by atoms with E-state index in [0.717, 1.165) is 76.0 Å². The van der Waals surface area contributed by atoms with E-state index in [2.05, 4.69) is 27.5 Å². The van der Waals surface area contributed by atoms with Gasteiger partial charge in [-0.25, -0.2) is 0 Å². The zero-order valence-electron chi connectivity index (χ0n) is 35.9. The van der Waals surface area contributed by atoms with E-state index < -0.39 is 29.3 Å². The standard InChI is InChI=1S/C48H72N4O5/c1-35(2)30-42(44(54)34-40(32-38-18-12-8-13-19-38)47(57)50-43(31-36(3)4)45(55)48(5)23-24-48)49-46(56)39(22-21-37-16-10-7-11-17-37)33-41(53)20-14-9-15-25-52-28-26-51(6)27-29-52/h7-8,10-13,16-19,35-36,39-40,42-43H,9,14-15,20-34H2,1-6H3,(H,49,56)(H,50,57)/t39-,40-,42+,43+/m1/s1. The van der Waals surface area contributed by atoms with Gasteiger partial charge in [0.25, 0.3) is 0 Å². The van der Waals surface area contributed by atoms with Crippen molar-refractivity contribution in [2.24, 2.45) is 29.1 Å². The highest BCUT2D eigenvalue weighted by atomic mass is 16.2. The number of rotatable bonds is 26. The third-order valence-electron chi connectivity index (χ3n) is 12.0. The van der Waals surface area contributed by atoms with Crippen molar-refractivity contribution in [1.29, 1.82) is 0 Å². The van der Waals surface area contributed by atoms with Crippen LogP contribution >= 0.6 is 0 Å². The molecule has 2 aromatic carbocycles. The zero-order chi connectivity index (χ0) is 41.4. The maximum atomic E-state index is 14.3. The molecule has 1 saturated heterocycles. The number of carbonyl (C=O) groups is 5. The van der Waals surface area contributed by atoms with E-state index in [0.29, 0.717) is 38.5 Å². The SMILES string of the molecule is CC(C)C[C@H](NC(=O)[C@H](CCc1ccccc1)CC(=O)CCCCCN1CCN(C)CC1)C(=O)C[C@@H](Cc1ccccc1)C(=O)N[C@@H](CC(C)C)C(=O)C1(C)CC1. The molecule has 314 valence electrons. The third-order valence-corrected chi connectivity index (χ3v) is 12.0. The average Bonchev–Trinajstić information content (AvgIpc) is 3.94. The molecule has 4 rings (SSSR count). The van der Waals surface area contributed by atoms with Crippen LogP contribution in [0.4, 0.5) is 0 Å². The summed E-state index contributed by atoms with van der Waals surface area (Å²) in [6.45, 7) is 15.5. The van der Waals surface area contributed by atoms with Crippen LogP contribution in [0.15, 0.2) is 60.7 Å². The second kappa shape index (κ2) is 23.0. The number of hydrogen-bond donors (Lipinski definition) is 2.